The van der Waals surface area contributed by atoms with Crippen molar-refractivity contribution in [1.82, 2.24) is 9.78 Å². The Bertz CT molecular complexity index is 756. The molecule has 0 unspecified atom stereocenters. The highest BCUT2D eigenvalue weighted by Crippen LogP contribution is 2.34. The number of hydrogen-bond donors (Lipinski definition) is 0. The molecule has 1 aliphatic rings. The Morgan fingerprint density at radius 1 is 1.29 bits per heavy atom. The van der Waals surface area contributed by atoms with Gasteiger partial charge in [0, 0.05) is 17.1 Å². The molecule has 0 radical (unpaired) electrons. The van der Waals surface area contributed by atoms with E-state index in [1.54, 1.807) is 29.3 Å². The lowest BCUT2D eigenvalue weighted by Gasteiger charge is -2.37. The van der Waals surface area contributed by atoms with E-state index in [0.29, 0.717) is 16.3 Å². The summed E-state index contributed by atoms with van der Waals surface area (Å²) >= 11 is 6.13. The largest absolute Gasteiger partial charge is 0.490 e. The highest BCUT2D eigenvalue weighted by atomic mass is 35.5. The minimum Gasteiger partial charge on any atom is -0.490 e. The lowest BCUT2D eigenvalue weighted by molar-refractivity contribution is 0.0961. The zero-order valence-electron chi connectivity index (χ0n) is 14.4. The van der Waals surface area contributed by atoms with Crippen molar-refractivity contribution < 1.29 is 9.53 Å². The number of carbonyl (C=O) groups excluding carboxylic acids is 1. The first-order chi connectivity index (χ1) is 11.4. The zero-order chi connectivity index (χ0) is 17.4. The van der Waals surface area contributed by atoms with E-state index in [-0.39, 0.29) is 24.1 Å². The van der Waals surface area contributed by atoms with Crippen molar-refractivity contribution in [3.8, 4) is 5.75 Å². The third-order valence-corrected chi connectivity index (χ3v) is 4.43. The van der Waals surface area contributed by atoms with Crippen LogP contribution in [-0.2, 0) is 0 Å². The van der Waals surface area contributed by atoms with Gasteiger partial charge in [0.2, 0.25) is 0 Å². The van der Waals surface area contributed by atoms with Crippen molar-refractivity contribution in [3.05, 3.63) is 41.0 Å². The second-order valence-electron chi connectivity index (χ2n) is 6.55. The molecule has 0 spiro atoms. The first kappa shape index (κ1) is 16.8. The first-order valence-electron chi connectivity index (χ1n) is 8.21. The van der Waals surface area contributed by atoms with E-state index in [9.17, 15) is 4.79 Å². The van der Waals surface area contributed by atoms with Gasteiger partial charge in [0.25, 0.3) is 5.91 Å². The van der Waals surface area contributed by atoms with Gasteiger partial charge in [0.1, 0.15) is 11.6 Å². The van der Waals surface area contributed by atoms with Crippen LogP contribution in [0.15, 0.2) is 30.5 Å². The number of carbonyl (C=O) groups is 1. The van der Waals surface area contributed by atoms with E-state index >= 15 is 0 Å². The highest BCUT2D eigenvalue weighted by molar-refractivity contribution is 6.31. The van der Waals surface area contributed by atoms with Gasteiger partial charge in [-0.05, 0) is 52.3 Å². The predicted molar refractivity (Wildman–Crippen MR) is 95.0 cm³/mol. The first-order valence-corrected chi connectivity index (χ1v) is 8.59. The fourth-order valence-electron chi connectivity index (χ4n) is 3.22. The summed E-state index contributed by atoms with van der Waals surface area (Å²) in [4.78, 5) is 15.1. The van der Waals surface area contributed by atoms with Gasteiger partial charge in [0.15, 0.2) is 0 Å². The van der Waals surface area contributed by atoms with Crippen LogP contribution in [0.5, 0.6) is 5.75 Å². The molecule has 2 aromatic rings. The molecule has 2 heterocycles. The molecular weight excluding hydrogens is 326 g/mol. The maximum absolute atomic E-state index is 13.3. The monoisotopic (exact) mass is 347 g/mol. The predicted octanol–water partition coefficient (Wildman–Crippen LogP) is 4.32. The Kier molecular flexibility index (Phi) is 4.54. The molecule has 0 fully saturated rings. The molecule has 1 aliphatic heterocycles. The van der Waals surface area contributed by atoms with Gasteiger partial charge in [-0.15, -0.1) is 0 Å². The van der Waals surface area contributed by atoms with Crippen molar-refractivity contribution in [3.63, 3.8) is 0 Å². The molecule has 3 rings (SSSR count). The summed E-state index contributed by atoms with van der Waals surface area (Å²) in [5.41, 5.74) is 0.477. The number of benzene rings is 1. The normalized spacial score (nSPS) is 20.2. The molecule has 1 aromatic carbocycles. The Balaban J connectivity index is 2.04. The van der Waals surface area contributed by atoms with Gasteiger partial charge in [-0.25, -0.2) is 4.68 Å². The van der Waals surface area contributed by atoms with E-state index < -0.39 is 0 Å². The Labute approximate surface area is 147 Å². The van der Waals surface area contributed by atoms with Crippen molar-refractivity contribution in [2.45, 2.75) is 52.3 Å². The lowest BCUT2D eigenvalue weighted by Crippen LogP contribution is -2.45. The molecule has 1 amide bonds. The molecule has 24 heavy (non-hydrogen) atoms. The van der Waals surface area contributed by atoms with Crippen LogP contribution in [0.4, 0.5) is 5.82 Å². The fourth-order valence-corrected chi connectivity index (χ4v) is 3.39. The lowest BCUT2D eigenvalue weighted by atomic mass is 10.0. The van der Waals surface area contributed by atoms with E-state index in [1.807, 2.05) is 24.6 Å². The van der Waals surface area contributed by atoms with E-state index in [2.05, 4.69) is 18.9 Å². The smallest absolute Gasteiger partial charge is 0.263 e. The maximum atomic E-state index is 13.3. The third kappa shape index (κ3) is 3.00. The minimum absolute atomic E-state index is 0.0259. The van der Waals surface area contributed by atoms with Gasteiger partial charge in [-0.2, -0.15) is 5.10 Å². The number of fused-ring (bicyclic) bond motifs is 1. The van der Waals surface area contributed by atoms with Gasteiger partial charge in [-0.3, -0.25) is 9.69 Å². The number of ether oxygens (including phenoxy) is 1. The average molecular weight is 348 g/mol. The molecule has 0 N–H and O–H groups in total. The van der Waals surface area contributed by atoms with Crippen LogP contribution in [0, 0.1) is 0 Å². The second kappa shape index (κ2) is 6.48. The second-order valence-corrected chi connectivity index (χ2v) is 6.99. The molecule has 0 aliphatic carbocycles. The number of rotatable bonds is 3. The van der Waals surface area contributed by atoms with Crippen LogP contribution < -0.4 is 9.64 Å². The molecule has 0 saturated heterocycles. The van der Waals surface area contributed by atoms with E-state index in [4.69, 9.17) is 16.3 Å². The Hall–Kier alpha value is -2.01. The SMILES string of the molecule is CC(C)Oc1ccc(Cl)cc1C(=O)N1c2ccnn2[C@@H](C)C[C@@H]1C. The summed E-state index contributed by atoms with van der Waals surface area (Å²) in [6, 6.07) is 7.37. The van der Waals surface area contributed by atoms with Crippen LogP contribution in [-0.4, -0.2) is 27.8 Å². The van der Waals surface area contributed by atoms with Gasteiger partial charge < -0.3 is 4.74 Å². The van der Waals surface area contributed by atoms with Crippen molar-refractivity contribution in [2.75, 3.05) is 4.90 Å². The number of aromatic nitrogens is 2. The number of halogens is 1. The van der Waals surface area contributed by atoms with Crippen LogP contribution >= 0.6 is 11.6 Å². The summed E-state index contributed by atoms with van der Waals surface area (Å²) in [6.07, 6.45) is 2.55. The topological polar surface area (TPSA) is 47.4 Å². The molecule has 0 saturated carbocycles. The Morgan fingerprint density at radius 2 is 2.04 bits per heavy atom. The molecule has 2 atom stereocenters. The molecule has 0 bridgehead atoms. The molecular formula is C18H22ClN3O2. The van der Waals surface area contributed by atoms with Crippen LogP contribution in [0.1, 0.15) is 50.5 Å². The van der Waals surface area contributed by atoms with Crippen molar-refractivity contribution >= 4 is 23.3 Å². The van der Waals surface area contributed by atoms with Crippen LogP contribution in [0.2, 0.25) is 5.02 Å². The zero-order valence-corrected chi connectivity index (χ0v) is 15.1. The summed E-state index contributed by atoms with van der Waals surface area (Å²) in [5.74, 6) is 1.24. The fraction of sp³-hybridized carbons (Fsp3) is 0.444. The van der Waals surface area contributed by atoms with E-state index in [1.165, 1.54) is 0 Å². The van der Waals surface area contributed by atoms with Crippen LogP contribution in [0.25, 0.3) is 0 Å². The van der Waals surface area contributed by atoms with Crippen LogP contribution in [0.3, 0.4) is 0 Å². The van der Waals surface area contributed by atoms with E-state index in [0.717, 1.165) is 12.2 Å². The Morgan fingerprint density at radius 3 is 2.75 bits per heavy atom. The molecule has 6 heteroatoms. The number of anilines is 1. The number of nitrogens with zero attached hydrogens (tertiary/aromatic N) is 3. The third-order valence-electron chi connectivity index (χ3n) is 4.19. The molecule has 5 nitrogen and oxygen atoms in total. The van der Waals surface area contributed by atoms with Gasteiger partial charge in [0.05, 0.1) is 23.9 Å². The van der Waals surface area contributed by atoms with Crippen molar-refractivity contribution in [1.29, 1.82) is 0 Å². The summed E-state index contributed by atoms with van der Waals surface area (Å²) in [7, 11) is 0. The minimum atomic E-state index is -0.116. The number of hydrogen-bond acceptors (Lipinski definition) is 3. The van der Waals surface area contributed by atoms with Crippen molar-refractivity contribution in [2.24, 2.45) is 0 Å². The number of amides is 1. The van der Waals surface area contributed by atoms with Gasteiger partial charge >= 0.3 is 0 Å². The van der Waals surface area contributed by atoms with Gasteiger partial charge in [-0.1, -0.05) is 11.6 Å². The maximum Gasteiger partial charge on any atom is 0.263 e. The molecule has 128 valence electrons. The average Bonchev–Trinajstić information content (AvgIpc) is 2.98. The summed E-state index contributed by atoms with van der Waals surface area (Å²) in [6.45, 7) is 8.03. The molecule has 1 aromatic heterocycles. The summed E-state index contributed by atoms with van der Waals surface area (Å²) < 4.78 is 7.70. The summed E-state index contributed by atoms with van der Waals surface area (Å²) in [5, 5.41) is 4.87. The quantitative estimate of drug-likeness (QED) is 0.830. The standard InChI is InChI=1S/C18H22ClN3O2/c1-11(2)24-16-6-5-14(19)10-15(16)18(23)21-12(3)9-13(4)22-17(21)7-8-20-22/h5-8,10-13H,9H2,1-4H3/t12-,13-/m0/s1. The highest BCUT2D eigenvalue weighted by Gasteiger charge is 2.34.